The Morgan fingerprint density at radius 3 is 2.54 bits per heavy atom. The lowest BCUT2D eigenvalue weighted by Crippen LogP contribution is -2.33. The lowest BCUT2D eigenvalue weighted by Gasteiger charge is -2.24. The number of pyridine rings is 1. The van der Waals surface area contributed by atoms with E-state index >= 15 is 0 Å². The molecule has 2 N–H and O–H groups in total. The molecule has 0 radical (unpaired) electrons. The number of rotatable bonds is 3. The van der Waals surface area contributed by atoms with E-state index in [2.05, 4.69) is 10.3 Å². The van der Waals surface area contributed by atoms with Crippen LogP contribution in [0.4, 0.5) is 0 Å². The number of Topliss-reactive ketones (excluding diaryl/α,β-unsaturated/α-hetero) is 1. The molecular weight excluding hydrogens is 304 g/mol. The normalized spacial score (nSPS) is 19.7. The zero-order valence-corrected chi connectivity index (χ0v) is 13.2. The van der Waals surface area contributed by atoms with E-state index in [1.54, 1.807) is 0 Å². The quantitative estimate of drug-likeness (QED) is 0.909. The van der Waals surface area contributed by atoms with E-state index in [-0.39, 0.29) is 29.2 Å². The molecule has 1 unspecified atom stereocenters. The number of hydrogen-bond acceptors (Lipinski definition) is 3. The van der Waals surface area contributed by atoms with Crippen LogP contribution in [0.5, 0.6) is 0 Å². The largest absolute Gasteiger partial charge is 0.349 e. The van der Waals surface area contributed by atoms with Crippen LogP contribution in [0.1, 0.15) is 57.2 Å². The highest BCUT2D eigenvalue weighted by atomic mass is 16.2. The van der Waals surface area contributed by atoms with Gasteiger partial charge in [-0.2, -0.15) is 0 Å². The summed E-state index contributed by atoms with van der Waals surface area (Å²) >= 11 is 0. The summed E-state index contributed by atoms with van der Waals surface area (Å²) in [7, 11) is 0. The van der Waals surface area contributed by atoms with Crippen molar-refractivity contribution in [3.8, 4) is 0 Å². The van der Waals surface area contributed by atoms with Gasteiger partial charge in [-0.15, -0.1) is 0 Å². The predicted molar refractivity (Wildman–Crippen MR) is 89.4 cm³/mol. The molecule has 1 amide bonds. The first kappa shape index (κ1) is 14.9. The number of aromatic amines is 1. The molecule has 1 fully saturated rings. The first-order chi connectivity index (χ1) is 11.6. The third-order valence-electron chi connectivity index (χ3n) is 4.73. The highest BCUT2D eigenvalue weighted by Gasteiger charge is 2.30. The Hall–Kier alpha value is -2.69. The lowest BCUT2D eigenvalue weighted by molar-refractivity contribution is 0.0949. The predicted octanol–water partition coefficient (Wildman–Crippen LogP) is 2.18. The lowest BCUT2D eigenvalue weighted by atomic mass is 9.81. The van der Waals surface area contributed by atoms with Crippen molar-refractivity contribution in [2.45, 2.75) is 37.6 Å². The molecule has 2 aliphatic carbocycles. The molecular formula is C19H18N2O3. The number of fused-ring (bicyclic) bond motifs is 1. The molecule has 1 aromatic carbocycles. The van der Waals surface area contributed by atoms with Crippen LogP contribution in [0, 0.1) is 0 Å². The van der Waals surface area contributed by atoms with Crippen LogP contribution in [0.25, 0.3) is 0 Å². The van der Waals surface area contributed by atoms with E-state index in [0.29, 0.717) is 24.1 Å². The van der Waals surface area contributed by atoms with Crippen molar-refractivity contribution >= 4 is 11.7 Å². The molecule has 2 aromatic rings. The van der Waals surface area contributed by atoms with E-state index in [1.165, 1.54) is 6.07 Å². The number of ketones is 1. The summed E-state index contributed by atoms with van der Waals surface area (Å²) in [6.07, 6.45) is 2.90. The van der Waals surface area contributed by atoms with Gasteiger partial charge in [0.1, 0.15) is 5.56 Å². The van der Waals surface area contributed by atoms with E-state index in [4.69, 9.17) is 0 Å². The Morgan fingerprint density at radius 1 is 1.08 bits per heavy atom. The Bertz CT molecular complexity index is 866. The number of benzene rings is 1. The minimum Gasteiger partial charge on any atom is -0.349 e. The van der Waals surface area contributed by atoms with Crippen molar-refractivity contribution in [2.24, 2.45) is 0 Å². The van der Waals surface area contributed by atoms with E-state index in [9.17, 15) is 14.4 Å². The summed E-state index contributed by atoms with van der Waals surface area (Å²) in [5, 5.41) is 2.80. The maximum atomic E-state index is 12.5. The van der Waals surface area contributed by atoms with Gasteiger partial charge in [0.05, 0.1) is 0 Å². The van der Waals surface area contributed by atoms with Gasteiger partial charge in [-0.1, -0.05) is 30.3 Å². The molecule has 1 saturated carbocycles. The van der Waals surface area contributed by atoms with Crippen molar-refractivity contribution in [2.75, 3.05) is 0 Å². The number of amides is 1. The van der Waals surface area contributed by atoms with E-state index in [1.807, 2.05) is 30.3 Å². The molecule has 1 heterocycles. The zero-order chi connectivity index (χ0) is 16.7. The fraction of sp³-hybridized carbons (Fsp3) is 0.316. The molecule has 24 heavy (non-hydrogen) atoms. The average molecular weight is 322 g/mol. The van der Waals surface area contributed by atoms with Crippen molar-refractivity contribution in [1.29, 1.82) is 0 Å². The minimum absolute atomic E-state index is 0.0261. The van der Waals surface area contributed by atoms with Gasteiger partial charge >= 0.3 is 0 Å². The van der Waals surface area contributed by atoms with Gasteiger partial charge < -0.3 is 10.3 Å². The van der Waals surface area contributed by atoms with Gasteiger partial charge in [0.2, 0.25) is 0 Å². The molecule has 2 aliphatic rings. The van der Waals surface area contributed by atoms with Crippen LogP contribution < -0.4 is 10.9 Å². The van der Waals surface area contributed by atoms with Crippen LogP contribution in [-0.2, 0) is 6.42 Å². The van der Waals surface area contributed by atoms with Crippen molar-refractivity contribution in [1.82, 2.24) is 10.3 Å². The molecule has 0 spiro atoms. The summed E-state index contributed by atoms with van der Waals surface area (Å²) in [5.74, 6) is -0.352. The van der Waals surface area contributed by atoms with E-state index < -0.39 is 5.56 Å². The molecule has 4 rings (SSSR count). The average Bonchev–Trinajstić information content (AvgIpc) is 3.38. The molecule has 0 bridgehead atoms. The van der Waals surface area contributed by atoms with Crippen molar-refractivity contribution < 1.29 is 9.59 Å². The highest BCUT2D eigenvalue weighted by molar-refractivity contribution is 6.02. The number of H-pyrrole nitrogens is 1. The van der Waals surface area contributed by atoms with Crippen LogP contribution >= 0.6 is 0 Å². The fourth-order valence-corrected chi connectivity index (χ4v) is 3.25. The number of carbonyl (C=O) groups is 2. The fourth-order valence-electron chi connectivity index (χ4n) is 3.25. The first-order valence-corrected chi connectivity index (χ1v) is 8.27. The number of carbonyl (C=O) groups excluding carboxylic acids is 2. The third-order valence-corrected chi connectivity index (χ3v) is 4.73. The Kier molecular flexibility index (Phi) is 3.56. The number of aromatic nitrogens is 1. The summed E-state index contributed by atoms with van der Waals surface area (Å²) in [6, 6.07) is 11.5. The Labute approximate surface area is 139 Å². The topological polar surface area (TPSA) is 79.0 Å². The van der Waals surface area contributed by atoms with Gasteiger partial charge in [0, 0.05) is 23.7 Å². The van der Waals surface area contributed by atoms with Crippen LogP contribution in [-0.4, -0.2) is 22.7 Å². The van der Waals surface area contributed by atoms with Crippen molar-refractivity contribution in [3.05, 3.63) is 69.1 Å². The maximum Gasteiger partial charge on any atom is 0.261 e. The Balaban J connectivity index is 1.66. The summed E-state index contributed by atoms with van der Waals surface area (Å²) in [5.41, 5.74) is 1.81. The Morgan fingerprint density at radius 2 is 1.83 bits per heavy atom. The zero-order valence-electron chi connectivity index (χ0n) is 13.2. The van der Waals surface area contributed by atoms with Crippen LogP contribution in [0.2, 0.25) is 0 Å². The highest BCUT2D eigenvalue weighted by Crippen LogP contribution is 2.31. The summed E-state index contributed by atoms with van der Waals surface area (Å²) < 4.78 is 0. The third kappa shape index (κ3) is 2.77. The maximum absolute atomic E-state index is 12.5. The van der Waals surface area contributed by atoms with Gasteiger partial charge in [0.25, 0.3) is 11.5 Å². The van der Waals surface area contributed by atoms with Gasteiger partial charge in [-0.3, -0.25) is 14.4 Å². The van der Waals surface area contributed by atoms with E-state index in [0.717, 1.165) is 18.4 Å². The van der Waals surface area contributed by atoms with Gasteiger partial charge in [0.15, 0.2) is 5.78 Å². The standard InChI is InChI=1S/C19H18N2O3/c22-17-9-12(11-4-2-1-3-5-11)8-16-14(17)10-15(19(24)21-16)18(23)20-13-6-7-13/h1-5,10,12-13H,6-9H2,(H,20,23)(H,21,24). The molecule has 122 valence electrons. The number of hydrogen-bond donors (Lipinski definition) is 2. The monoisotopic (exact) mass is 322 g/mol. The molecule has 0 aliphatic heterocycles. The second kappa shape index (κ2) is 5.74. The molecule has 5 heteroatoms. The SMILES string of the molecule is O=C1CC(c2ccccc2)Cc2[nH]c(=O)c(C(=O)NC3CC3)cc21. The molecule has 0 saturated heterocycles. The molecule has 1 aromatic heterocycles. The second-order valence-corrected chi connectivity index (χ2v) is 6.59. The summed E-state index contributed by atoms with van der Waals surface area (Å²) in [4.78, 5) is 39.7. The number of nitrogens with one attached hydrogen (secondary N) is 2. The molecule has 1 atom stereocenters. The van der Waals surface area contributed by atoms with Crippen LogP contribution in [0.15, 0.2) is 41.2 Å². The van der Waals surface area contributed by atoms with Gasteiger partial charge in [-0.05, 0) is 36.8 Å². The van der Waals surface area contributed by atoms with Crippen LogP contribution in [0.3, 0.4) is 0 Å². The molecule has 5 nitrogen and oxygen atoms in total. The van der Waals surface area contributed by atoms with Crippen molar-refractivity contribution in [3.63, 3.8) is 0 Å². The smallest absolute Gasteiger partial charge is 0.261 e. The summed E-state index contributed by atoms with van der Waals surface area (Å²) in [6.45, 7) is 0. The first-order valence-electron chi connectivity index (χ1n) is 8.27. The minimum atomic E-state index is -0.423. The van der Waals surface area contributed by atoms with Gasteiger partial charge in [-0.25, -0.2) is 0 Å². The second-order valence-electron chi connectivity index (χ2n) is 6.59.